The van der Waals surface area contributed by atoms with Crippen molar-refractivity contribution in [3.05, 3.63) is 0 Å². The molecule has 1 N–H and O–H groups in total. The van der Waals surface area contributed by atoms with E-state index in [1.165, 1.54) is 0 Å². The summed E-state index contributed by atoms with van der Waals surface area (Å²) in [6, 6.07) is 0. The summed E-state index contributed by atoms with van der Waals surface area (Å²) >= 11 is -3.69. The van der Waals surface area contributed by atoms with Crippen molar-refractivity contribution in [2.24, 2.45) is 0 Å². The minimum Gasteiger partial charge on any atom is 1.00 e. The van der Waals surface area contributed by atoms with Gasteiger partial charge in [-0.25, -0.2) is 0 Å². The first-order valence-electron chi connectivity index (χ1n) is 0.565. The van der Waals surface area contributed by atoms with Crippen LogP contribution in [0.2, 0.25) is 0 Å². The van der Waals surface area contributed by atoms with Crippen molar-refractivity contribution in [1.29, 1.82) is 0 Å². The van der Waals surface area contributed by atoms with Crippen molar-refractivity contribution in [3.8, 4) is 0 Å². The molecule has 3 nitrogen and oxygen atoms in total. The summed E-state index contributed by atoms with van der Waals surface area (Å²) in [4.78, 5) is 0. The molecule has 1 atom stereocenters. The minimum absolute atomic E-state index is 0. The quantitative estimate of drug-likeness (QED) is 0.363. The molecular formula is HAsKO3. The van der Waals surface area contributed by atoms with E-state index in [1.807, 2.05) is 0 Å². The molecule has 1 unspecified atom stereocenters. The average Bonchev–Trinajstić information content (AvgIpc) is 0.811. The van der Waals surface area contributed by atoms with Gasteiger partial charge in [-0.2, -0.15) is 0 Å². The first-order valence-corrected chi connectivity index (χ1v) is 2.94. The second kappa shape index (κ2) is 5.91. The first kappa shape index (κ1) is 10.0. The molecule has 0 aromatic carbocycles. The Balaban J connectivity index is 0. The third-order valence-corrected chi connectivity index (χ3v) is 0. The van der Waals surface area contributed by atoms with Crippen LogP contribution in [0, 0.1) is 0 Å². The number of rotatable bonds is 0. The third-order valence-electron chi connectivity index (χ3n) is 0. The van der Waals surface area contributed by atoms with Gasteiger partial charge < -0.3 is 0 Å². The summed E-state index contributed by atoms with van der Waals surface area (Å²) < 4.78 is 24.4. The minimum atomic E-state index is -3.69. The van der Waals surface area contributed by atoms with Crippen molar-refractivity contribution in [1.82, 2.24) is 0 Å². The van der Waals surface area contributed by atoms with Gasteiger partial charge in [-0.3, -0.25) is 0 Å². The van der Waals surface area contributed by atoms with Gasteiger partial charge in [0.1, 0.15) is 0 Å². The molecule has 0 rings (SSSR count). The van der Waals surface area contributed by atoms with E-state index in [-0.39, 0.29) is 51.4 Å². The van der Waals surface area contributed by atoms with Crippen molar-refractivity contribution >= 4 is 15.3 Å². The van der Waals surface area contributed by atoms with E-state index < -0.39 is 15.3 Å². The molecule has 0 saturated heterocycles. The Morgan fingerprint density at radius 2 is 1.80 bits per heavy atom. The molecule has 0 aliphatic rings. The van der Waals surface area contributed by atoms with E-state index in [4.69, 9.17) is 11.9 Å². The van der Waals surface area contributed by atoms with Gasteiger partial charge >= 0.3 is 78.6 Å². The van der Waals surface area contributed by atoms with Crippen LogP contribution in [0.15, 0.2) is 0 Å². The molecule has 0 aliphatic carbocycles. The van der Waals surface area contributed by atoms with Crippen molar-refractivity contribution in [2.45, 2.75) is 0 Å². The summed E-state index contributed by atoms with van der Waals surface area (Å²) in [5.74, 6) is 0. The summed E-state index contributed by atoms with van der Waals surface area (Å²) in [6.45, 7) is 0. The molecule has 0 heterocycles. The molecule has 0 aromatic rings. The smallest absolute Gasteiger partial charge is 1.00 e. The van der Waals surface area contributed by atoms with Crippen LogP contribution < -0.4 is 55.5 Å². The predicted molar refractivity (Wildman–Crippen MR) is 8.66 cm³/mol. The summed E-state index contributed by atoms with van der Waals surface area (Å²) in [5.41, 5.74) is 0. The van der Waals surface area contributed by atoms with Gasteiger partial charge in [-0.15, -0.1) is 0 Å². The number of hydrogen-bond acceptors (Lipinski definition) is 2. The van der Waals surface area contributed by atoms with E-state index in [1.54, 1.807) is 0 Å². The van der Waals surface area contributed by atoms with Crippen molar-refractivity contribution in [3.63, 3.8) is 0 Å². The molecule has 0 saturated carbocycles. The van der Waals surface area contributed by atoms with Gasteiger partial charge in [0, 0.05) is 0 Å². The Kier molecular flexibility index (Phi) is 11.8. The molecule has 0 aromatic heterocycles. The Labute approximate surface area is 77.0 Å². The van der Waals surface area contributed by atoms with Crippen LogP contribution in [-0.4, -0.2) is 19.4 Å². The second-order valence-electron chi connectivity index (χ2n) is 0.238. The Morgan fingerprint density at radius 1 is 1.80 bits per heavy atom. The van der Waals surface area contributed by atoms with Crippen LogP contribution in [0.5, 0.6) is 0 Å². The van der Waals surface area contributed by atoms with Gasteiger partial charge in [-0.1, -0.05) is 0 Å². The van der Waals surface area contributed by atoms with Crippen molar-refractivity contribution < 1.29 is 63.3 Å². The fraction of sp³-hybridized carbons (Fsp3) is 0. The Bertz CT molecular complexity index is 29.9. The van der Waals surface area contributed by atoms with Gasteiger partial charge in [0.2, 0.25) is 0 Å². The van der Waals surface area contributed by atoms with E-state index >= 15 is 0 Å². The molecule has 5 heavy (non-hydrogen) atoms. The van der Waals surface area contributed by atoms with Crippen LogP contribution in [0.3, 0.4) is 0 Å². The maximum absolute atomic E-state index is 8.67. The van der Waals surface area contributed by atoms with E-state index in [2.05, 4.69) is 0 Å². The van der Waals surface area contributed by atoms with E-state index in [0.29, 0.717) is 0 Å². The SMILES string of the molecule is O=[As]([O-])O.[K+]. The van der Waals surface area contributed by atoms with Gasteiger partial charge in [0.15, 0.2) is 0 Å². The Hall–Kier alpha value is 1.91. The van der Waals surface area contributed by atoms with Crippen LogP contribution in [0.25, 0.3) is 0 Å². The standard InChI is InChI=1S/AsHO3.K/c2-1(3)4;/h(H-,2,3,4);/q-1;+1. The van der Waals surface area contributed by atoms with Gasteiger partial charge in [0.25, 0.3) is 0 Å². The summed E-state index contributed by atoms with van der Waals surface area (Å²) in [6.07, 6.45) is 0. The summed E-state index contributed by atoms with van der Waals surface area (Å²) in [5, 5.41) is 0. The molecule has 1 radical (unpaired) electrons. The molecule has 5 heteroatoms. The maximum atomic E-state index is 8.67. The fourth-order valence-electron chi connectivity index (χ4n) is 0. The van der Waals surface area contributed by atoms with E-state index in [9.17, 15) is 0 Å². The third kappa shape index (κ3) is 24.7. The zero-order valence-corrected chi connectivity index (χ0v) is 7.71. The van der Waals surface area contributed by atoms with E-state index in [0.717, 1.165) is 0 Å². The maximum Gasteiger partial charge on any atom is 1.00 e. The van der Waals surface area contributed by atoms with Gasteiger partial charge in [0.05, 0.1) is 0 Å². The van der Waals surface area contributed by atoms with Crippen LogP contribution >= 0.6 is 0 Å². The largest absolute Gasteiger partial charge is 1.00 e. The monoisotopic (exact) mass is 163 g/mol. The van der Waals surface area contributed by atoms with Gasteiger partial charge in [-0.05, 0) is 0 Å². The molecule has 0 amide bonds. The summed E-state index contributed by atoms with van der Waals surface area (Å²) in [7, 11) is 0. The molecule has 0 fully saturated rings. The zero-order valence-electron chi connectivity index (χ0n) is 2.71. The van der Waals surface area contributed by atoms with Crippen LogP contribution in [-0.2, 0) is 3.74 Å². The predicted octanol–water partition coefficient (Wildman–Crippen LogP) is -5.24. The second-order valence-corrected chi connectivity index (χ2v) is 1.24. The molecule has 0 spiro atoms. The average molecular weight is 163 g/mol. The molecular weight excluding hydrogens is 162 g/mol. The number of hydrogen-bond donors (Lipinski definition) is 1. The first-order chi connectivity index (χ1) is 1.73. The van der Waals surface area contributed by atoms with Crippen LogP contribution in [0.1, 0.15) is 0 Å². The molecule has 25 valence electrons. The van der Waals surface area contributed by atoms with Crippen molar-refractivity contribution in [2.75, 3.05) is 0 Å². The zero-order chi connectivity index (χ0) is 3.58. The normalized spacial score (nSPS) is 8.80. The molecule has 0 bridgehead atoms. The fourth-order valence-corrected chi connectivity index (χ4v) is 0. The Morgan fingerprint density at radius 3 is 1.80 bits per heavy atom. The topological polar surface area (TPSA) is 60.4 Å². The molecule has 0 aliphatic heterocycles. The van der Waals surface area contributed by atoms with Crippen LogP contribution in [0.4, 0.5) is 0 Å².